The van der Waals surface area contributed by atoms with Crippen LogP contribution in [0.3, 0.4) is 0 Å². The van der Waals surface area contributed by atoms with E-state index in [2.05, 4.69) is 5.16 Å². The number of rotatable bonds is 0. The summed E-state index contributed by atoms with van der Waals surface area (Å²) in [6.45, 7) is 1.67. The largest absolute Gasteiger partial charge is 0.356 e. The fourth-order valence-corrected chi connectivity index (χ4v) is 1.27. The van der Waals surface area contributed by atoms with Gasteiger partial charge in [0.15, 0.2) is 11.4 Å². The second-order valence-corrected chi connectivity index (χ2v) is 2.91. The molecule has 62 valence electrons. The first kappa shape index (κ1) is 7.55. The first-order valence-electron chi connectivity index (χ1n) is 3.40. The predicted molar refractivity (Wildman–Crippen MR) is 43.7 cm³/mol. The second-order valence-electron chi connectivity index (χ2n) is 2.50. The van der Waals surface area contributed by atoms with Crippen LogP contribution in [0.5, 0.6) is 0 Å². The van der Waals surface area contributed by atoms with Crippen LogP contribution >= 0.6 is 11.6 Å². The monoisotopic (exact) mass is 185 g/mol. The van der Waals surface area contributed by atoms with Gasteiger partial charge in [-0.1, -0.05) is 16.8 Å². The highest BCUT2D eigenvalue weighted by Gasteiger charge is 2.11. The van der Waals surface area contributed by atoms with Crippen molar-refractivity contribution in [1.82, 2.24) is 5.16 Å². The Kier molecular flexibility index (Phi) is 1.54. The van der Waals surface area contributed by atoms with Crippen molar-refractivity contribution < 1.29 is 8.91 Å². The minimum Gasteiger partial charge on any atom is -0.356 e. The van der Waals surface area contributed by atoms with Crippen LogP contribution in [0.15, 0.2) is 16.7 Å². The first-order chi connectivity index (χ1) is 5.70. The van der Waals surface area contributed by atoms with Gasteiger partial charge in [0.1, 0.15) is 0 Å². The Hall–Kier alpha value is -1.09. The molecule has 2 rings (SSSR count). The Morgan fingerprint density at radius 2 is 2.25 bits per heavy atom. The number of hydrogen-bond acceptors (Lipinski definition) is 2. The molecular formula is C8H5ClFNO. The summed E-state index contributed by atoms with van der Waals surface area (Å²) in [6, 6.07) is 3.05. The number of benzene rings is 1. The van der Waals surface area contributed by atoms with E-state index in [9.17, 15) is 4.39 Å². The van der Waals surface area contributed by atoms with E-state index in [4.69, 9.17) is 16.1 Å². The fourth-order valence-electron chi connectivity index (χ4n) is 1.11. The van der Waals surface area contributed by atoms with Crippen molar-refractivity contribution in [3.05, 3.63) is 28.7 Å². The summed E-state index contributed by atoms with van der Waals surface area (Å²) in [7, 11) is 0. The van der Waals surface area contributed by atoms with Crippen LogP contribution in [-0.4, -0.2) is 5.16 Å². The van der Waals surface area contributed by atoms with Gasteiger partial charge >= 0.3 is 0 Å². The van der Waals surface area contributed by atoms with E-state index >= 15 is 0 Å². The molecule has 0 aliphatic heterocycles. The minimum absolute atomic E-state index is 0.0915. The number of halogens is 2. The molecule has 0 spiro atoms. The van der Waals surface area contributed by atoms with E-state index in [0.717, 1.165) is 0 Å². The maximum atomic E-state index is 13.3. The first-order valence-corrected chi connectivity index (χ1v) is 3.78. The Bertz CT molecular complexity index is 438. The SMILES string of the molecule is Cc1noc2ccc(Cl)c(F)c12. The summed E-state index contributed by atoms with van der Waals surface area (Å²) in [4.78, 5) is 0. The Morgan fingerprint density at radius 1 is 1.50 bits per heavy atom. The van der Waals surface area contributed by atoms with Crippen molar-refractivity contribution in [2.45, 2.75) is 6.92 Å². The highest BCUT2D eigenvalue weighted by Crippen LogP contribution is 2.26. The zero-order valence-corrected chi connectivity index (χ0v) is 7.02. The Labute approximate surface area is 72.9 Å². The molecule has 2 nitrogen and oxygen atoms in total. The molecule has 12 heavy (non-hydrogen) atoms. The van der Waals surface area contributed by atoms with Crippen molar-refractivity contribution in [3.8, 4) is 0 Å². The molecule has 0 amide bonds. The Balaban J connectivity index is 2.96. The van der Waals surface area contributed by atoms with E-state index in [1.807, 2.05) is 0 Å². The molecule has 0 N–H and O–H groups in total. The molecule has 0 bridgehead atoms. The number of nitrogens with zero attached hydrogens (tertiary/aromatic N) is 1. The standard InChI is InChI=1S/C8H5ClFNO/c1-4-7-6(12-11-4)3-2-5(9)8(7)10/h2-3H,1H3. The van der Waals surface area contributed by atoms with Crippen molar-refractivity contribution >= 4 is 22.6 Å². The third-order valence-corrected chi connectivity index (χ3v) is 1.99. The molecule has 0 aliphatic rings. The molecule has 0 fully saturated rings. The van der Waals surface area contributed by atoms with E-state index in [1.165, 1.54) is 6.07 Å². The molecule has 0 unspecified atom stereocenters. The predicted octanol–water partition coefficient (Wildman–Crippen LogP) is 2.93. The van der Waals surface area contributed by atoms with Crippen molar-refractivity contribution in [3.63, 3.8) is 0 Å². The van der Waals surface area contributed by atoms with E-state index < -0.39 is 5.82 Å². The van der Waals surface area contributed by atoms with Crippen LogP contribution in [0.4, 0.5) is 4.39 Å². The van der Waals surface area contributed by atoms with Gasteiger partial charge in [0, 0.05) is 0 Å². The van der Waals surface area contributed by atoms with E-state index in [1.54, 1.807) is 13.0 Å². The van der Waals surface area contributed by atoms with Crippen LogP contribution in [0.2, 0.25) is 5.02 Å². The summed E-state index contributed by atoms with van der Waals surface area (Å²) < 4.78 is 18.1. The fraction of sp³-hybridized carbons (Fsp3) is 0.125. The van der Waals surface area contributed by atoms with Gasteiger partial charge in [0.05, 0.1) is 16.1 Å². The highest BCUT2D eigenvalue weighted by molar-refractivity contribution is 6.31. The highest BCUT2D eigenvalue weighted by atomic mass is 35.5. The van der Waals surface area contributed by atoms with Crippen LogP contribution < -0.4 is 0 Å². The van der Waals surface area contributed by atoms with Gasteiger partial charge in [-0.2, -0.15) is 0 Å². The average molecular weight is 186 g/mol. The lowest BCUT2D eigenvalue weighted by molar-refractivity contribution is 0.450. The molecule has 0 saturated carbocycles. The molecule has 1 aromatic heterocycles. The van der Waals surface area contributed by atoms with Gasteiger partial charge in [-0.15, -0.1) is 0 Å². The lowest BCUT2D eigenvalue weighted by atomic mass is 10.2. The third-order valence-electron chi connectivity index (χ3n) is 1.70. The lowest BCUT2D eigenvalue weighted by Crippen LogP contribution is -1.79. The molecular weight excluding hydrogens is 181 g/mol. The molecule has 0 saturated heterocycles. The number of hydrogen-bond donors (Lipinski definition) is 0. The maximum absolute atomic E-state index is 13.3. The summed E-state index contributed by atoms with van der Waals surface area (Å²) in [5, 5.41) is 4.08. The van der Waals surface area contributed by atoms with Crippen molar-refractivity contribution in [2.75, 3.05) is 0 Å². The van der Waals surface area contributed by atoms with Gasteiger partial charge in [-0.25, -0.2) is 4.39 Å². The van der Waals surface area contributed by atoms with Gasteiger partial charge in [0.2, 0.25) is 0 Å². The molecule has 1 heterocycles. The van der Waals surface area contributed by atoms with Crippen molar-refractivity contribution in [1.29, 1.82) is 0 Å². The zero-order valence-electron chi connectivity index (χ0n) is 6.27. The lowest BCUT2D eigenvalue weighted by Gasteiger charge is -1.93. The third kappa shape index (κ3) is 0.898. The summed E-state index contributed by atoms with van der Waals surface area (Å²) in [5.41, 5.74) is 0.944. The smallest absolute Gasteiger partial charge is 0.170 e. The van der Waals surface area contributed by atoms with E-state index in [0.29, 0.717) is 16.7 Å². The molecule has 0 atom stereocenters. The van der Waals surface area contributed by atoms with Gasteiger partial charge in [-0.05, 0) is 19.1 Å². The molecule has 1 aromatic carbocycles. The zero-order chi connectivity index (χ0) is 8.72. The average Bonchev–Trinajstić information content (AvgIpc) is 2.41. The summed E-state index contributed by atoms with van der Waals surface area (Å²) in [5.74, 6) is -0.465. The van der Waals surface area contributed by atoms with Crippen LogP contribution in [0, 0.1) is 12.7 Å². The van der Waals surface area contributed by atoms with Gasteiger partial charge < -0.3 is 4.52 Å². The number of aromatic nitrogens is 1. The van der Waals surface area contributed by atoms with Gasteiger partial charge in [-0.3, -0.25) is 0 Å². The van der Waals surface area contributed by atoms with Crippen LogP contribution in [-0.2, 0) is 0 Å². The molecule has 4 heteroatoms. The minimum atomic E-state index is -0.465. The number of fused-ring (bicyclic) bond motifs is 1. The Morgan fingerprint density at radius 3 is 3.00 bits per heavy atom. The summed E-state index contributed by atoms with van der Waals surface area (Å²) in [6.07, 6.45) is 0. The normalized spacial score (nSPS) is 10.9. The summed E-state index contributed by atoms with van der Waals surface area (Å²) >= 11 is 5.57. The molecule has 0 radical (unpaired) electrons. The molecule has 2 aromatic rings. The van der Waals surface area contributed by atoms with E-state index in [-0.39, 0.29) is 5.02 Å². The maximum Gasteiger partial charge on any atom is 0.170 e. The van der Waals surface area contributed by atoms with Crippen molar-refractivity contribution in [2.24, 2.45) is 0 Å². The topological polar surface area (TPSA) is 26.0 Å². The second kappa shape index (κ2) is 2.45. The van der Waals surface area contributed by atoms with Gasteiger partial charge in [0.25, 0.3) is 0 Å². The quantitative estimate of drug-likeness (QED) is 0.631. The van der Waals surface area contributed by atoms with Crippen LogP contribution in [0.25, 0.3) is 11.0 Å². The number of aryl methyl sites for hydroxylation is 1. The van der Waals surface area contributed by atoms with Crippen LogP contribution in [0.1, 0.15) is 5.69 Å². The molecule has 0 aliphatic carbocycles.